The third-order valence-electron chi connectivity index (χ3n) is 4.22. The van der Waals surface area contributed by atoms with Crippen molar-refractivity contribution < 1.29 is 36.2 Å². The molecule has 0 spiro atoms. The van der Waals surface area contributed by atoms with Crippen molar-refractivity contribution in [3.8, 4) is 0 Å². The Morgan fingerprint density at radius 3 is 3.00 bits per heavy atom. The Bertz CT molecular complexity index is 664. The van der Waals surface area contributed by atoms with E-state index in [-0.39, 0.29) is 29.4 Å². The summed E-state index contributed by atoms with van der Waals surface area (Å²) in [6.07, 6.45) is 3.92. The maximum Gasteiger partial charge on any atom is 0.396 e. The Morgan fingerprint density at radius 1 is 1.52 bits per heavy atom. The molecule has 25 heavy (non-hydrogen) atoms. The summed E-state index contributed by atoms with van der Waals surface area (Å²) in [5.41, 5.74) is 6.70. The zero-order valence-corrected chi connectivity index (χ0v) is 15.2. The second-order valence-corrected chi connectivity index (χ2v) is 5.73. The number of aliphatic hydroxyl groups is 1. The van der Waals surface area contributed by atoms with Gasteiger partial charge in [-0.05, 0) is 12.0 Å². The van der Waals surface area contributed by atoms with Gasteiger partial charge in [0.25, 0.3) is 11.6 Å². The number of anilines is 1. The lowest BCUT2D eigenvalue weighted by atomic mass is 10.1. The monoisotopic (exact) mass is 413 g/mol. The number of halogens is 1. The normalized spacial score (nSPS) is 22.0. The number of hydrogen-bond acceptors (Lipinski definition) is 6. The molecule has 1 atom stereocenters. The van der Waals surface area contributed by atoms with Crippen LogP contribution in [0.4, 0.5) is 5.95 Å². The standard InChI is InChI=1S/C14H20N7O3.BrH/c15-18-17-4-2-6-21-13-16-3-1-5-20(13)11-14(21,23)12(22)19-7-9-24-10-8-19;/h1,3,5,23H,2,4,6-11H2;1H/q+1;/p-1. The first-order chi connectivity index (χ1) is 11.7. The number of nitrogens with zero attached hydrogens (tertiary/aromatic N) is 7. The summed E-state index contributed by atoms with van der Waals surface area (Å²) < 4.78 is 7.03. The fourth-order valence-corrected chi connectivity index (χ4v) is 3.06. The van der Waals surface area contributed by atoms with Crippen molar-refractivity contribution in [2.45, 2.75) is 18.7 Å². The van der Waals surface area contributed by atoms with Crippen LogP contribution in [-0.4, -0.2) is 66.0 Å². The molecule has 0 radical (unpaired) electrons. The lowest BCUT2D eigenvalue weighted by Gasteiger charge is -2.34. The highest BCUT2D eigenvalue weighted by Gasteiger charge is 2.57. The lowest BCUT2D eigenvalue weighted by Crippen LogP contribution is -3.00. The van der Waals surface area contributed by atoms with E-state index in [1.165, 1.54) is 0 Å². The summed E-state index contributed by atoms with van der Waals surface area (Å²) in [6.45, 7) is 2.64. The molecule has 1 unspecified atom stereocenters. The Morgan fingerprint density at radius 2 is 2.28 bits per heavy atom. The van der Waals surface area contributed by atoms with Crippen molar-refractivity contribution in [3.63, 3.8) is 0 Å². The van der Waals surface area contributed by atoms with Crippen LogP contribution < -0.4 is 26.4 Å². The number of morpholine rings is 1. The van der Waals surface area contributed by atoms with Gasteiger partial charge in [0.05, 0.1) is 26.0 Å². The summed E-state index contributed by atoms with van der Waals surface area (Å²) in [6, 6.07) is 1.76. The molecule has 0 bridgehead atoms. The van der Waals surface area contributed by atoms with E-state index in [9.17, 15) is 9.90 Å². The van der Waals surface area contributed by atoms with E-state index in [0.29, 0.717) is 51.8 Å². The fourth-order valence-electron chi connectivity index (χ4n) is 3.06. The average molecular weight is 414 g/mol. The highest BCUT2D eigenvalue weighted by molar-refractivity contribution is 5.87. The molecule has 0 saturated carbocycles. The van der Waals surface area contributed by atoms with Crippen molar-refractivity contribution in [2.24, 2.45) is 5.11 Å². The number of fused-ring (bicyclic) bond motifs is 1. The molecule has 1 aromatic rings. The molecule has 3 heterocycles. The van der Waals surface area contributed by atoms with Gasteiger partial charge < -0.3 is 31.7 Å². The number of carbonyl (C=O) groups is 1. The molecule has 136 valence electrons. The average Bonchev–Trinajstić information content (AvgIpc) is 2.91. The molecule has 2 aliphatic rings. The van der Waals surface area contributed by atoms with Crippen LogP contribution in [0.5, 0.6) is 0 Å². The van der Waals surface area contributed by atoms with E-state index in [4.69, 9.17) is 10.3 Å². The molecule has 0 aliphatic carbocycles. The van der Waals surface area contributed by atoms with Crippen molar-refractivity contribution >= 4 is 11.9 Å². The van der Waals surface area contributed by atoms with Gasteiger partial charge in [-0.1, -0.05) is 10.1 Å². The van der Waals surface area contributed by atoms with Gasteiger partial charge in [0.2, 0.25) is 0 Å². The molecule has 0 aromatic carbocycles. The van der Waals surface area contributed by atoms with Crippen LogP contribution in [0.2, 0.25) is 0 Å². The smallest absolute Gasteiger partial charge is 0.396 e. The molecule has 1 fully saturated rings. The van der Waals surface area contributed by atoms with Gasteiger partial charge in [-0.15, -0.1) is 0 Å². The van der Waals surface area contributed by atoms with Gasteiger partial charge in [-0.25, -0.2) is 9.47 Å². The molecule has 3 rings (SSSR count). The van der Waals surface area contributed by atoms with E-state index >= 15 is 0 Å². The van der Waals surface area contributed by atoms with E-state index in [1.54, 1.807) is 32.8 Å². The highest BCUT2D eigenvalue weighted by Crippen LogP contribution is 2.27. The third-order valence-corrected chi connectivity index (χ3v) is 4.22. The number of aromatic nitrogens is 2. The van der Waals surface area contributed by atoms with Crippen LogP contribution >= 0.6 is 0 Å². The van der Waals surface area contributed by atoms with Crippen LogP contribution in [-0.2, 0) is 16.1 Å². The van der Waals surface area contributed by atoms with Gasteiger partial charge in [0.15, 0.2) is 0 Å². The summed E-state index contributed by atoms with van der Waals surface area (Å²) in [5, 5.41) is 14.7. The Labute approximate surface area is 155 Å². The van der Waals surface area contributed by atoms with E-state index < -0.39 is 5.72 Å². The summed E-state index contributed by atoms with van der Waals surface area (Å²) in [4.78, 5) is 23.2. The molecule has 1 saturated heterocycles. The van der Waals surface area contributed by atoms with Crippen LogP contribution in [0.3, 0.4) is 0 Å². The third kappa shape index (κ3) is 3.84. The van der Waals surface area contributed by atoms with Crippen LogP contribution in [0.15, 0.2) is 23.6 Å². The zero-order valence-electron chi connectivity index (χ0n) is 13.7. The van der Waals surface area contributed by atoms with Gasteiger partial charge in [0.1, 0.15) is 12.7 Å². The minimum atomic E-state index is -1.69. The molecular formula is C14H20BrN7O3. The SMILES string of the molecule is [Br-].[N-]=[N+]=NCCCN1c2nccc[n+]2CC1(O)C(=O)N1CCOCC1. The molecular weight excluding hydrogens is 394 g/mol. The lowest BCUT2D eigenvalue weighted by molar-refractivity contribution is -0.682. The number of azide groups is 1. The second kappa shape index (κ2) is 8.43. The molecule has 2 aliphatic heterocycles. The fraction of sp³-hybridized carbons (Fsp3) is 0.643. The number of hydrogen-bond donors (Lipinski definition) is 1. The Kier molecular flexibility index (Phi) is 6.54. The summed E-state index contributed by atoms with van der Waals surface area (Å²) in [7, 11) is 0. The molecule has 1 aromatic heterocycles. The van der Waals surface area contributed by atoms with Crippen molar-refractivity contribution in [1.29, 1.82) is 0 Å². The topological polar surface area (TPSA) is 119 Å². The number of amides is 1. The maximum atomic E-state index is 12.9. The van der Waals surface area contributed by atoms with Crippen LogP contribution in [0.25, 0.3) is 10.4 Å². The number of carbonyl (C=O) groups excluding carboxylic acids is 1. The van der Waals surface area contributed by atoms with Crippen molar-refractivity contribution in [2.75, 3.05) is 44.3 Å². The van der Waals surface area contributed by atoms with E-state index in [1.807, 2.05) is 0 Å². The van der Waals surface area contributed by atoms with Gasteiger partial charge in [0, 0.05) is 30.6 Å². The predicted molar refractivity (Wildman–Crippen MR) is 82.8 cm³/mol. The summed E-state index contributed by atoms with van der Waals surface area (Å²) in [5.74, 6) is 0.183. The molecule has 10 nitrogen and oxygen atoms in total. The summed E-state index contributed by atoms with van der Waals surface area (Å²) >= 11 is 0. The minimum absolute atomic E-state index is 0. The first-order valence-electron chi connectivity index (χ1n) is 7.89. The number of ether oxygens (including phenoxy) is 1. The van der Waals surface area contributed by atoms with E-state index in [2.05, 4.69) is 15.0 Å². The van der Waals surface area contributed by atoms with Gasteiger partial charge in [-0.3, -0.25) is 4.79 Å². The second-order valence-electron chi connectivity index (χ2n) is 5.73. The quantitative estimate of drug-likeness (QED) is 0.176. The van der Waals surface area contributed by atoms with Crippen molar-refractivity contribution in [3.05, 3.63) is 28.9 Å². The van der Waals surface area contributed by atoms with E-state index in [0.717, 1.165) is 0 Å². The molecule has 11 heteroatoms. The largest absolute Gasteiger partial charge is 1.00 e. The first kappa shape index (κ1) is 19.4. The predicted octanol–water partition coefficient (Wildman–Crippen LogP) is -3.56. The Balaban J connectivity index is 0.00000225. The maximum absolute atomic E-state index is 12.9. The minimum Gasteiger partial charge on any atom is -1.00 e. The first-order valence-corrected chi connectivity index (χ1v) is 7.89. The molecule has 1 N–H and O–H groups in total. The Hall–Kier alpha value is -1.94. The van der Waals surface area contributed by atoms with Crippen LogP contribution in [0, 0.1) is 0 Å². The van der Waals surface area contributed by atoms with Crippen LogP contribution in [0.1, 0.15) is 6.42 Å². The van der Waals surface area contributed by atoms with Gasteiger partial charge >= 0.3 is 5.95 Å². The van der Waals surface area contributed by atoms with Gasteiger partial charge in [-0.2, -0.15) is 0 Å². The van der Waals surface area contributed by atoms with Crippen molar-refractivity contribution in [1.82, 2.24) is 9.88 Å². The molecule has 1 amide bonds. The number of rotatable bonds is 5. The highest BCUT2D eigenvalue weighted by atomic mass is 79.9. The zero-order chi connectivity index (χ0) is 17.0.